The molecule has 0 fully saturated rings. The summed E-state index contributed by atoms with van der Waals surface area (Å²) >= 11 is 3.10. The molecular formula is C19H17NO2S2. The number of hydrogen-bond donors (Lipinski definition) is 1. The molecule has 0 saturated heterocycles. The van der Waals surface area contributed by atoms with E-state index in [0.717, 1.165) is 25.9 Å². The average Bonchev–Trinajstić information content (AvgIpc) is 3.25. The van der Waals surface area contributed by atoms with Gasteiger partial charge in [0.1, 0.15) is 0 Å². The molecule has 1 amide bonds. The molecule has 0 atom stereocenters. The Labute approximate surface area is 149 Å². The molecule has 3 rings (SSSR count). The van der Waals surface area contributed by atoms with Gasteiger partial charge in [0.15, 0.2) is 5.78 Å². The van der Waals surface area contributed by atoms with Gasteiger partial charge in [-0.3, -0.25) is 9.59 Å². The first-order valence-electron chi connectivity index (χ1n) is 7.66. The fraction of sp³-hybridized carbons (Fsp3) is 0.158. The molecule has 2 heterocycles. The third-order valence-electron chi connectivity index (χ3n) is 3.58. The molecule has 0 spiro atoms. The normalized spacial score (nSPS) is 10.5. The van der Waals surface area contributed by atoms with Crippen LogP contribution in [0.4, 0.5) is 5.69 Å². The fourth-order valence-electron chi connectivity index (χ4n) is 2.39. The van der Waals surface area contributed by atoms with Gasteiger partial charge < -0.3 is 5.32 Å². The second-order valence-electron chi connectivity index (χ2n) is 5.40. The van der Waals surface area contributed by atoms with Crippen LogP contribution in [0.5, 0.6) is 0 Å². The summed E-state index contributed by atoms with van der Waals surface area (Å²) in [4.78, 5) is 27.3. The van der Waals surface area contributed by atoms with Crippen molar-refractivity contribution in [3.8, 4) is 10.4 Å². The maximum atomic E-state index is 12.2. The lowest BCUT2D eigenvalue weighted by Crippen LogP contribution is -2.13. The maximum Gasteiger partial charge on any atom is 0.224 e. The Hall–Kier alpha value is -2.24. The third kappa shape index (κ3) is 3.99. The Kier molecular flexibility index (Phi) is 5.23. The zero-order valence-corrected chi connectivity index (χ0v) is 14.9. The van der Waals surface area contributed by atoms with Gasteiger partial charge in [-0.2, -0.15) is 0 Å². The van der Waals surface area contributed by atoms with E-state index in [4.69, 9.17) is 0 Å². The van der Waals surface area contributed by atoms with Crippen molar-refractivity contribution in [1.29, 1.82) is 0 Å². The standard InChI is InChI=1S/C19H17NO2S2/c1-13-8-10-18(24-13)16(21)9-11-19(22)20-15-6-3-2-5-14(15)17-7-4-12-23-17/h2-8,10,12H,9,11H2,1H3,(H,20,22). The summed E-state index contributed by atoms with van der Waals surface area (Å²) in [5.74, 6) is -0.115. The van der Waals surface area contributed by atoms with Crippen LogP contribution in [0.25, 0.3) is 10.4 Å². The highest BCUT2D eigenvalue weighted by molar-refractivity contribution is 7.14. The topological polar surface area (TPSA) is 46.2 Å². The van der Waals surface area contributed by atoms with Crippen LogP contribution in [-0.4, -0.2) is 11.7 Å². The predicted molar refractivity (Wildman–Crippen MR) is 101 cm³/mol. The molecule has 0 aliphatic rings. The Bertz CT molecular complexity index is 850. The average molecular weight is 355 g/mol. The number of ketones is 1. The van der Waals surface area contributed by atoms with Gasteiger partial charge in [0.2, 0.25) is 5.91 Å². The summed E-state index contributed by atoms with van der Waals surface area (Å²) in [7, 11) is 0. The van der Waals surface area contributed by atoms with Gasteiger partial charge >= 0.3 is 0 Å². The molecule has 1 N–H and O–H groups in total. The smallest absolute Gasteiger partial charge is 0.224 e. The quantitative estimate of drug-likeness (QED) is 0.603. The first kappa shape index (κ1) is 16.6. The van der Waals surface area contributed by atoms with Gasteiger partial charge in [-0.25, -0.2) is 0 Å². The summed E-state index contributed by atoms with van der Waals surface area (Å²) in [6.07, 6.45) is 0.418. The highest BCUT2D eigenvalue weighted by atomic mass is 32.1. The SMILES string of the molecule is Cc1ccc(C(=O)CCC(=O)Nc2ccccc2-c2cccs2)s1. The van der Waals surface area contributed by atoms with Gasteiger partial charge in [-0.15, -0.1) is 22.7 Å². The van der Waals surface area contributed by atoms with Crippen LogP contribution >= 0.6 is 22.7 Å². The predicted octanol–water partition coefficient (Wildman–Crippen LogP) is 5.39. The van der Waals surface area contributed by atoms with Gasteiger partial charge in [0.25, 0.3) is 0 Å². The number of carbonyl (C=O) groups excluding carboxylic acids is 2. The van der Waals surface area contributed by atoms with Gasteiger partial charge in [-0.1, -0.05) is 24.3 Å². The van der Waals surface area contributed by atoms with Crippen molar-refractivity contribution in [2.75, 3.05) is 5.32 Å². The zero-order valence-electron chi connectivity index (χ0n) is 13.2. The molecule has 5 heteroatoms. The largest absolute Gasteiger partial charge is 0.325 e. The highest BCUT2D eigenvalue weighted by Gasteiger charge is 2.13. The summed E-state index contributed by atoms with van der Waals surface area (Å²) < 4.78 is 0. The number of anilines is 1. The minimum absolute atomic E-state index is 0.0230. The van der Waals surface area contributed by atoms with Gasteiger partial charge in [-0.05, 0) is 36.6 Å². The molecule has 0 bridgehead atoms. The van der Waals surface area contributed by atoms with E-state index in [0.29, 0.717) is 0 Å². The number of Topliss-reactive ketones (excluding diaryl/α,β-unsaturated/α-hetero) is 1. The molecule has 24 heavy (non-hydrogen) atoms. The molecule has 0 saturated carbocycles. The number of amides is 1. The van der Waals surface area contributed by atoms with Crippen LogP contribution in [0.15, 0.2) is 53.9 Å². The minimum Gasteiger partial charge on any atom is -0.325 e. The van der Waals surface area contributed by atoms with Crippen LogP contribution in [0.1, 0.15) is 27.4 Å². The van der Waals surface area contributed by atoms with Crippen molar-refractivity contribution in [1.82, 2.24) is 0 Å². The number of thiophene rings is 2. The van der Waals surface area contributed by atoms with Crippen molar-refractivity contribution in [3.05, 3.63) is 63.7 Å². The first-order chi connectivity index (χ1) is 11.6. The number of aryl methyl sites for hydroxylation is 1. The molecule has 3 nitrogen and oxygen atoms in total. The maximum absolute atomic E-state index is 12.2. The summed E-state index contributed by atoms with van der Waals surface area (Å²) in [5.41, 5.74) is 1.78. The van der Waals surface area contributed by atoms with Crippen LogP contribution in [0, 0.1) is 6.92 Å². The van der Waals surface area contributed by atoms with E-state index >= 15 is 0 Å². The molecule has 1 aromatic carbocycles. The number of rotatable bonds is 6. The second-order valence-corrected chi connectivity index (χ2v) is 7.64. The Morgan fingerprint density at radius 3 is 2.54 bits per heavy atom. The highest BCUT2D eigenvalue weighted by Crippen LogP contribution is 2.31. The van der Waals surface area contributed by atoms with E-state index in [2.05, 4.69) is 5.32 Å². The van der Waals surface area contributed by atoms with E-state index in [1.807, 2.05) is 60.8 Å². The monoisotopic (exact) mass is 355 g/mol. The molecule has 2 aromatic heterocycles. The number of nitrogens with one attached hydrogen (secondary N) is 1. The first-order valence-corrected chi connectivity index (χ1v) is 9.35. The fourth-order valence-corrected chi connectivity index (χ4v) is 3.99. The number of carbonyl (C=O) groups is 2. The van der Waals surface area contributed by atoms with Crippen molar-refractivity contribution in [2.45, 2.75) is 19.8 Å². The molecule has 122 valence electrons. The Morgan fingerprint density at radius 1 is 1.00 bits per heavy atom. The summed E-state index contributed by atoms with van der Waals surface area (Å²) in [6, 6.07) is 15.5. The van der Waals surface area contributed by atoms with Crippen LogP contribution in [0.2, 0.25) is 0 Å². The van der Waals surface area contributed by atoms with Crippen LogP contribution < -0.4 is 5.32 Å². The van der Waals surface area contributed by atoms with Gasteiger partial charge in [0.05, 0.1) is 4.88 Å². The van der Waals surface area contributed by atoms with Crippen LogP contribution in [-0.2, 0) is 4.79 Å². The molecule has 0 aliphatic heterocycles. The molecule has 3 aromatic rings. The van der Waals surface area contributed by atoms with Gasteiger partial charge in [0, 0.05) is 33.8 Å². The molecule has 0 radical (unpaired) electrons. The van der Waals surface area contributed by atoms with Crippen molar-refractivity contribution in [3.63, 3.8) is 0 Å². The lowest BCUT2D eigenvalue weighted by atomic mass is 10.1. The molecular weight excluding hydrogens is 338 g/mol. The number of para-hydroxylation sites is 1. The number of benzene rings is 1. The molecule has 0 unspecified atom stereocenters. The Morgan fingerprint density at radius 2 is 1.83 bits per heavy atom. The van der Waals surface area contributed by atoms with Crippen molar-refractivity contribution in [2.24, 2.45) is 0 Å². The summed E-state index contributed by atoms with van der Waals surface area (Å²) in [5, 5.41) is 4.94. The Balaban J connectivity index is 1.62. The van der Waals surface area contributed by atoms with Crippen molar-refractivity contribution < 1.29 is 9.59 Å². The lowest BCUT2D eigenvalue weighted by molar-refractivity contribution is -0.116. The molecule has 0 aliphatic carbocycles. The lowest BCUT2D eigenvalue weighted by Gasteiger charge is -2.09. The van der Waals surface area contributed by atoms with Crippen LogP contribution in [0.3, 0.4) is 0 Å². The van der Waals surface area contributed by atoms with E-state index in [-0.39, 0.29) is 24.5 Å². The van der Waals surface area contributed by atoms with E-state index in [1.54, 1.807) is 11.3 Å². The summed E-state index contributed by atoms with van der Waals surface area (Å²) in [6.45, 7) is 1.97. The minimum atomic E-state index is -0.138. The van der Waals surface area contributed by atoms with E-state index in [1.165, 1.54) is 11.3 Å². The van der Waals surface area contributed by atoms with E-state index < -0.39 is 0 Å². The zero-order chi connectivity index (χ0) is 16.9. The second kappa shape index (κ2) is 7.55. The van der Waals surface area contributed by atoms with Crippen molar-refractivity contribution >= 4 is 40.1 Å². The third-order valence-corrected chi connectivity index (χ3v) is 5.53. The number of hydrogen-bond acceptors (Lipinski definition) is 4. The van der Waals surface area contributed by atoms with E-state index in [9.17, 15) is 9.59 Å².